The summed E-state index contributed by atoms with van der Waals surface area (Å²) in [5.74, 6) is -1.93. The van der Waals surface area contributed by atoms with Gasteiger partial charge in [0.05, 0.1) is 30.7 Å². The number of fused-ring (bicyclic) bond motifs is 1. The SMILES string of the molecule is CC[C@@]12CCC3(O1)C(C(=O)NCCN1CCOCC1)N(CCCCCCO)C(=O)[C@@H]3[C@@H]2C(=O)Nc1ccccc1. The molecule has 0 aliphatic carbocycles. The third-order valence-electron chi connectivity index (χ3n) is 9.39. The quantitative estimate of drug-likeness (QED) is 0.317. The van der Waals surface area contributed by atoms with Gasteiger partial charge >= 0.3 is 0 Å². The molecule has 0 saturated carbocycles. The summed E-state index contributed by atoms with van der Waals surface area (Å²) in [6.45, 7) is 6.84. The molecule has 40 heavy (non-hydrogen) atoms. The minimum absolute atomic E-state index is 0.146. The number of hydrogen-bond donors (Lipinski definition) is 3. The van der Waals surface area contributed by atoms with Gasteiger partial charge in [0, 0.05) is 45.0 Å². The van der Waals surface area contributed by atoms with Crippen LogP contribution in [-0.4, -0.2) is 102 Å². The van der Waals surface area contributed by atoms with Crippen molar-refractivity contribution in [2.75, 3.05) is 57.9 Å². The Morgan fingerprint density at radius 1 is 1.02 bits per heavy atom. The van der Waals surface area contributed by atoms with E-state index < -0.39 is 29.1 Å². The zero-order valence-corrected chi connectivity index (χ0v) is 23.6. The molecule has 220 valence electrons. The molecule has 0 aromatic heterocycles. The number of carbonyl (C=O) groups is 3. The number of aliphatic hydroxyl groups excluding tert-OH is 1. The molecule has 4 aliphatic heterocycles. The van der Waals surface area contributed by atoms with Crippen molar-refractivity contribution in [3.05, 3.63) is 30.3 Å². The Labute approximate surface area is 236 Å². The number of para-hydroxylation sites is 1. The zero-order chi connectivity index (χ0) is 28.2. The first-order chi connectivity index (χ1) is 19.5. The average Bonchev–Trinajstić information content (AvgIpc) is 3.57. The number of ether oxygens (including phenoxy) is 2. The molecule has 4 fully saturated rings. The molecule has 1 aromatic rings. The molecule has 10 heteroatoms. The normalized spacial score (nSPS) is 31.4. The Balaban J connectivity index is 1.38. The van der Waals surface area contributed by atoms with Gasteiger partial charge in [0.2, 0.25) is 17.7 Å². The fraction of sp³-hybridized carbons (Fsp3) is 0.700. The van der Waals surface area contributed by atoms with Crippen molar-refractivity contribution in [3.63, 3.8) is 0 Å². The number of carbonyl (C=O) groups excluding carboxylic acids is 3. The smallest absolute Gasteiger partial charge is 0.245 e. The van der Waals surface area contributed by atoms with Gasteiger partial charge in [-0.1, -0.05) is 38.0 Å². The Bertz CT molecular complexity index is 1050. The minimum Gasteiger partial charge on any atom is -0.396 e. The van der Waals surface area contributed by atoms with Crippen LogP contribution in [-0.2, 0) is 23.9 Å². The van der Waals surface area contributed by atoms with Gasteiger partial charge in [-0.2, -0.15) is 0 Å². The summed E-state index contributed by atoms with van der Waals surface area (Å²) in [4.78, 5) is 45.8. The number of rotatable bonds is 13. The lowest BCUT2D eigenvalue weighted by molar-refractivity contribution is -0.146. The van der Waals surface area contributed by atoms with Gasteiger partial charge in [-0.25, -0.2) is 0 Å². The summed E-state index contributed by atoms with van der Waals surface area (Å²) in [5.41, 5.74) is -1.10. The van der Waals surface area contributed by atoms with E-state index in [0.717, 1.165) is 45.3 Å². The summed E-state index contributed by atoms with van der Waals surface area (Å²) < 4.78 is 12.3. The molecule has 3 amide bonds. The largest absolute Gasteiger partial charge is 0.396 e. The number of aliphatic hydroxyl groups is 1. The molecule has 10 nitrogen and oxygen atoms in total. The summed E-state index contributed by atoms with van der Waals surface area (Å²) in [7, 11) is 0. The molecule has 1 aromatic carbocycles. The molecule has 3 N–H and O–H groups in total. The Hall–Kier alpha value is -2.53. The summed E-state index contributed by atoms with van der Waals surface area (Å²) in [6, 6.07) is 8.51. The van der Waals surface area contributed by atoms with Crippen molar-refractivity contribution < 1.29 is 29.0 Å². The first kappa shape index (κ1) is 29.0. The molecular weight excluding hydrogens is 512 g/mol. The van der Waals surface area contributed by atoms with Gasteiger partial charge in [-0.3, -0.25) is 19.3 Å². The third kappa shape index (κ3) is 5.38. The average molecular weight is 557 g/mol. The monoisotopic (exact) mass is 556 g/mol. The number of benzene rings is 1. The molecule has 2 bridgehead atoms. The summed E-state index contributed by atoms with van der Waals surface area (Å²) >= 11 is 0. The molecule has 4 heterocycles. The number of unbranched alkanes of at least 4 members (excludes halogenated alkanes) is 3. The number of amides is 3. The van der Waals surface area contributed by atoms with Gasteiger partial charge in [-0.15, -0.1) is 0 Å². The van der Waals surface area contributed by atoms with Crippen molar-refractivity contribution in [2.45, 2.75) is 69.1 Å². The van der Waals surface area contributed by atoms with Crippen LogP contribution in [0.4, 0.5) is 5.69 Å². The summed E-state index contributed by atoms with van der Waals surface area (Å²) in [6.07, 6.45) is 4.97. The third-order valence-corrected chi connectivity index (χ3v) is 9.39. The van der Waals surface area contributed by atoms with Gasteiger partial charge in [0.15, 0.2) is 0 Å². The van der Waals surface area contributed by atoms with Gasteiger partial charge in [0.25, 0.3) is 0 Å². The number of anilines is 1. The van der Waals surface area contributed by atoms with Crippen LogP contribution < -0.4 is 10.6 Å². The molecule has 1 spiro atoms. The second-order valence-corrected chi connectivity index (χ2v) is 11.6. The lowest BCUT2D eigenvalue weighted by atomic mass is 9.65. The van der Waals surface area contributed by atoms with E-state index >= 15 is 0 Å². The van der Waals surface area contributed by atoms with Gasteiger partial charge in [0.1, 0.15) is 11.6 Å². The fourth-order valence-corrected chi connectivity index (χ4v) is 7.40. The standard InChI is InChI=1S/C30H44N4O6/c1-2-29-12-13-30(40-29)24(23(29)26(36)32-22-10-6-5-7-11-22)28(38)34(15-8-3-4-9-19-35)25(30)27(37)31-14-16-33-17-20-39-21-18-33/h5-7,10-11,23-25,35H,2-4,8-9,12-21H2,1H3,(H,31,37)(H,32,36)/t23-,24+,25?,29+,30?/m1/s1. The second kappa shape index (κ2) is 12.5. The number of morpholine rings is 1. The van der Waals surface area contributed by atoms with E-state index in [4.69, 9.17) is 14.6 Å². The Kier molecular flexibility index (Phi) is 9.09. The Morgan fingerprint density at radius 2 is 1.77 bits per heavy atom. The number of nitrogens with one attached hydrogen (secondary N) is 2. The highest BCUT2D eigenvalue weighted by Crippen LogP contribution is 2.64. The minimum atomic E-state index is -1.01. The van der Waals surface area contributed by atoms with Crippen LogP contribution in [0.15, 0.2) is 30.3 Å². The molecule has 4 saturated heterocycles. The predicted molar refractivity (Wildman–Crippen MR) is 149 cm³/mol. The van der Waals surface area contributed by atoms with E-state index in [1.165, 1.54) is 0 Å². The first-order valence-electron chi connectivity index (χ1n) is 15.0. The first-order valence-corrected chi connectivity index (χ1v) is 15.0. The van der Waals surface area contributed by atoms with E-state index in [0.29, 0.717) is 51.3 Å². The van der Waals surface area contributed by atoms with Crippen molar-refractivity contribution in [1.29, 1.82) is 0 Å². The molecule has 5 rings (SSSR count). The van der Waals surface area contributed by atoms with E-state index in [9.17, 15) is 14.4 Å². The van der Waals surface area contributed by atoms with E-state index in [1.807, 2.05) is 37.3 Å². The lowest BCUT2D eigenvalue weighted by Crippen LogP contribution is -2.56. The van der Waals surface area contributed by atoms with Crippen LogP contribution in [0.3, 0.4) is 0 Å². The molecule has 4 aliphatic rings. The highest BCUT2D eigenvalue weighted by molar-refractivity contribution is 6.02. The van der Waals surface area contributed by atoms with Gasteiger partial charge < -0.3 is 30.1 Å². The van der Waals surface area contributed by atoms with E-state index in [1.54, 1.807) is 4.90 Å². The zero-order valence-electron chi connectivity index (χ0n) is 23.6. The Morgan fingerprint density at radius 3 is 2.50 bits per heavy atom. The van der Waals surface area contributed by atoms with Crippen molar-refractivity contribution in [1.82, 2.24) is 15.1 Å². The highest BCUT2D eigenvalue weighted by Gasteiger charge is 2.78. The molecule has 0 radical (unpaired) electrons. The number of hydrogen-bond acceptors (Lipinski definition) is 7. The van der Waals surface area contributed by atoms with Crippen molar-refractivity contribution >= 4 is 23.4 Å². The van der Waals surface area contributed by atoms with Crippen molar-refractivity contribution in [2.24, 2.45) is 11.8 Å². The maximum absolute atomic E-state index is 14.2. The van der Waals surface area contributed by atoms with Crippen LogP contribution in [0.25, 0.3) is 0 Å². The van der Waals surface area contributed by atoms with Crippen molar-refractivity contribution in [3.8, 4) is 0 Å². The van der Waals surface area contributed by atoms with Crippen LogP contribution in [0, 0.1) is 11.8 Å². The number of likely N-dealkylation sites (tertiary alicyclic amines) is 1. The van der Waals surface area contributed by atoms with E-state index in [-0.39, 0.29) is 24.3 Å². The lowest BCUT2D eigenvalue weighted by Gasteiger charge is -2.34. The van der Waals surface area contributed by atoms with Gasteiger partial charge in [-0.05, 0) is 44.2 Å². The van der Waals surface area contributed by atoms with Crippen LogP contribution >= 0.6 is 0 Å². The summed E-state index contributed by atoms with van der Waals surface area (Å²) in [5, 5.41) is 15.3. The maximum atomic E-state index is 14.2. The van der Waals surface area contributed by atoms with E-state index in [2.05, 4.69) is 15.5 Å². The second-order valence-electron chi connectivity index (χ2n) is 11.6. The fourth-order valence-electron chi connectivity index (χ4n) is 7.40. The molecule has 5 atom stereocenters. The predicted octanol–water partition coefficient (Wildman–Crippen LogP) is 1.78. The maximum Gasteiger partial charge on any atom is 0.245 e. The molecule has 2 unspecified atom stereocenters. The van der Waals surface area contributed by atoms with Crippen LogP contribution in [0.5, 0.6) is 0 Å². The van der Waals surface area contributed by atoms with Crippen LogP contribution in [0.1, 0.15) is 51.9 Å². The molecular formula is C30H44N4O6. The topological polar surface area (TPSA) is 120 Å². The highest BCUT2D eigenvalue weighted by atomic mass is 16.5. The van der Waals surface area contributed by atoms with Crippen LogP contribution in [0.2, 0.25) is 0 Å². The number of nitrogens with zero attached hydrogens (tertiary/aromatic N) is 2.